The van der Waals surface area contributed by atoms with Crippen LogP contribution in [0.4, 0.5) is 0 Å². The van der Waals surface area contributed by atoms with Gasteiger partial charge in [-0.2, -0.15) is 0 Å². The van der Waals surface area contributed by atoms with Gasteiger partial charge in [0.1, 0.15) is 0 Å². The molecule has 0 aliphatic carbocycles. The summed E-state index contributed by atoms with van der Waals surface area (Å²) in [7, 11) is 0. The van der Waals surface area contributed by atoms with Gasteiger partial charge in [-0.15, -0.1) is 0 Å². The predicted molar refractivity (Wildman–Crippen MR) is 113 cm³/mol. The molecule has 0 heterocycles. The Balaban J connectivity index is 2.58. The maximum atomic E-state index is 4.25. The molecule has 0 nitrogen and oxygen atoms in total. The van der Waals surface area contributed by atoms with Crippen LogP contribution in [0.15, 0.2) is 66.3 Å². The van der Waals surface area contributed by atoms with E-state index >= 15 is 0 Å². The monoisotopic (exact) mass is 330 g/mol. The Hall–Kier alpha value is -2.34. The van der Waals surface area contributed by atoms with Crippen molar-refractivity contribution in [1.29, 1.82) is 0 Å². The van der Waals surface area contributed by atoms with Crippen molar-refractivity contribution in [2.24, 2.45) is 0 Å². The molecule has 2 aromatic carbocycles. The second kappa shape index (κ2) is 8.16. The van der Waals surface area contributed by atoms with Crippen LogP contribution < -0.4 is 0 Å². The van der Waals surface area contributed by atoms with Crippen LogP contribution in [0.3, 0.4) is 0 Å². The van der Waals surface area contributed by atoms with Gasteiger partial charge >= 0.3 is 0 Å². The summed E-state index contributed by atoms with van der Waals surface area (Å²) in [4.78, 5) is 0. The van der Waals surface area contributed by atoms with Crippen molar-refractivity contribution in [1.82, 2.24) is 0 Å². The number of aryl methyl sites for hydroxylation is 3. The lowest BCUT2D eigenvalue weighted by Crippen LogP contribution is -1.95. The van der Waals surface area contributed by atoms with Crippen LogP contribution >= 0.6 is 0 Å². The highest BCUT2D eigenvalue weighted by atomic mass is 14.1. The zero-order valence-electron chi connectivity index (χ0n) is 16.5. The zero-order chi connectivity index (χ0) is 18.6. The van der Waals surface area contributed by atoms with Crippen LogP contribution in [0.2, 0.25) is 0 Å². The molecule has 0 heteroatoms. The van der Waals surface area contributed by atoms with E-state index < -0.39 is 0 Å². The molecule has 0 atom stereocenters. The molecule has 0 amide bonds. The van der Waals surface area contributed by atoms with Gasteiger partial charge in [-0.25, -0.2) is 0 Å². The summed E-state index contributed by atoms with van der Waals surface area (Å²) in [5.74, 6) is 0. The van der Waals surface area contributed by atoms with Gasteiger partial charge in [0.2, 0.25) is 0 Å². The van der Waals surface area contributed by atoms with E-state index in [1.807, 2.05) is 0 Å². The summed E-state index contributed by atoms with van der Waals surface area (Å²) in [5.41, 5.74) is 11.5. The minimum absolute atomic E-state index is 1.01. The van der Waals surface area contributed by atoms with Gasteiger partial charge in [0.15, 0.2) is 0 Å². The van der Waals surface area contributed by atoms with Crippen molar-refractivity contribution < 1.29 is 0 Å². The Kier molecular flexibility index (Phi) is 6.20. The van der Waals surface area contributed by atoms with E-state index in [1.54, 1.807) is 0 Å². The van der Waals surface area contributed by atoms with Crippen LogP contribution in [0.1, 0.15) is 55.0 Å². The van der Waals surface area contributed by atoms with E-state index in [0.29, 0.717) is 0 Å². The molecule has 0 aliphatic rings. The van der Waals surface area contributed by atoms with E-state index in [1.165, 1.54) is 44.5 Å². The Labute approximate surface area is 153 Å². The van der Waals surface area contributed by atoms with E-state index in [2.05, 4.69) is 96.7 Å². The van der Waals surface area contributed by atoms with Crippen LogP contribution in [-0.2, 0) is 0 Å². The summed E-state index contributed by atoms with van der Waals surface area (Å²) in [6.45, 7) is 17.2. The number of benzene rings is 2. The van der Waals surface area contributed by atoms with Crippen molar-refractivity contribution in [3.8, 4) is 0 Å². The highest BCUT2D eigenvalue weighted by Crippen LogP contribution is 2.31. The molecule has 0 unspecified atom stereocenters. The molecule has 130 valence electrons. The first-order valence-corrected chi connectivity index (χ1v) is 9.05. The van der Waals surface area contributed by atoms with Crippen LogP contribution in [0, 0.1) is 20.8 Å². The Morgan fingerprint density at radius 2 is 1.52 bits per heavy atom. The normalized spacial score (nSPS) is 12.8. The standard InChI is InChI=1S/C25H30/c1-8-22(23-12-9-18(4)10-13-23)16-21(7)25(17(2)3)24-14-11-19(5)15-20(24)6/h9-16H,2,8H2,1,3-7H3/b22-16+,25-21+. The molecule has 0 spiro atoms. The van der Waals surface area contributed by atoms with E-state index in [4.69, 9.17) is 0 Å². The van der Waals surface area contributed by atoms with E-state index in [9.17, 15) is 0 Å². The number of rotatable bonds is 5. The van der Waals surface area contributed by atoms with E-state index in [0.717, 1.165) is 12.0 Å². The molecule has 25 heavy (non-hydrogen) atoms. The lowest BCUT2D eigenvalue weighted by atomic mass is 9.89. The first-order valence-electron chi connectivity index (χ1n) is 9.05. The largest absolute Gasteiger partial charge is 0.0955 e. The third-order valence-corrected chi connectivity index (χ3v) is 4.67. The maximum Gasteiger partial charge on any atom is -0.0129 e. The zero-order valence-corrected chi connectivity index (χ0v) is 16.5. The summed E-state index contributed by atoms with van der Waals surface area (Å²) < 4.78 is 0. The quantitative estimate of drug-likeness (QED) is 0.499. The molecule has 2 rings (SSSR count). The SMILES string of the molecule is C=C(C)/C(=C(C)\C=C(/CC)c1ccc(C)cc1)c1ccc(C)cc1C. The molecule has 0 aromatic heterocycles. The second-order valence-corrected chi connectivity index (χ2v) is 7.05. The van der Waals surface area contributed by atoms with Gasteiger partial charge in [0.05, 0.1) is 0 Å². The van der Waals surface area contributed by atoms with Gasteiger partial charge in [0.25, 0.3) is 0 Å². The lowest BCUT2D eigenvalue weighted by molar-refractivity contribution is 1.23. The fourth-order valence-electron chi connectivity index (χ4n) is 3.36. The first-order chi connectivity index (χ1) is 11.8. The highest BCUT2D eigenvalue weighted by molar-refractivity contribution is 5.85. The van der Waals surface area contributed by atoms with Crippen LogP contribution in [0.25, 0.3) is 11.1 Å². The van der Waals surface area contributed by atoms with Crippen molar-refractivity contribution >= 4 is 11.1 Å². The summed E-state index contributed by atoms with van der Waals surface area (Å²) in [6.07, 6.45) is 3.34. The highest BCUT2D eigenvalue weighted by Gasteiger charge is 2.10. The fraction of sp³-hybridized carbons (Fsp3) is 0.280. The van der Waals surface area contributed by atoms with Gasteiger partial charge in [0, 0.05) is 0 Å². The number of hydrogen-bond donors (Lipinski definition) is 0. The van der Waals surface area contributed by atoms with Crippen molar-refractivity contribution in [2.45, 2.75) is 48.0 Å². The van der Waals surface area contributed by atoms with Gasteiger partial charge < -0.3 is 0 Å². The molecule has 0 N–H and O–H groups in total. The average Bonchev–Trinajstić information content (AvgIpc) is 2.55. The molecule has 0 fully saturated rings. The van der Waals surface area contributed by atoms with Crippen molar-refractivity contribution in [3.05, 3.63) is 94.1 Å². The number of hydrogen-bond acceptors (Lipinski definition) is 0. The Morgan fingerprint density at radius 3 is 2.04 bits per heavy atom. The molecule has 0 radical (unpaired) electrons. The molecule has 0 aliphatic heterocycles. The summed E-state index contributed by atoms with van der Waals surface area (Å²) in [6, 6.07) is 15.5. The third kappa shape index (κ3) is 4.60. The molecule has 0 bridgehead atoms. The fourth-order valence-corrected chi connectivity index (χ4v) is 3.36. The Bertz CT molecular complexity index is 827. The topological polar surface area (TPSA) is 0 Å². The average molecular weight is 331 g/mol. The van der Waals surface area contributed by atoms with Crippen molar-refractivity contribution in [3.63, 3.8) is 0 Å². The van der Waals surface area contributed by atoms with Crippen LogP contribution in [0.5, 0.6) is 0 Å². The molecule has 0 saturated heterocycles. The van der Waals surface area contributed by atoms with Gasteiger partial charge in [-0.3, -0.25) is 0 Å². The van der Waals surface area contributed by atoms with Gasteiger partial charge in [-0.05, 0) is 74.4 Å². The van der Waals surface area contributed by atoms with Crippen LogP contribution in [-0.4, -0.2) is 0 Å². The third-order valence-electron chi connectivity index (χ3n) is 4.67. The minimum Gasteiger partial charge on any atom is -0.0955 e. The predicted octanol–water partition coefficient (Wildman–Crippen LogP) is 7.46. The summed E-state index contributed by atoms with van der Waals surface area (Å²) in [5, 5.41) is 0. The van der Waals surface area contributed by atoms with Gasteiger partial charge in [-0.1, -0.05) is 78.7 Å². The second-order valence-electron chi connectivity index (χ2n) is 7.05. The molecule has 2 aromatic rings. The summed E-state index contributed by atoms with van der Waals surface area (Å²) >= 11 is 0. The first kappa shape index (κ1) is 19.0. The smallest absolute Gasteiger partial charge is 0.0129 e. The lowest BCUT2D eigenvalue weighted by Gasteiger charge is -2.15. The molecular weight excluding hydrogens is 300 g/mol. The maximum absolute atomic E-state index is 4.25. The minimum atomic E-state index is 1.01. The number of allylic oxidation sites excluding steroid dienone is 5. The molecule has 0 saturated carbocycles. The molecular formula is C25H30. The van der Waals surface area contributed by atoms with Crippen molar-refractivity contribution in [2.75, 3.05) is 0 Å². The van der Waals surface area contributed by atoms with E-state index in [-0.39, 0.29) is 0 Å². The Morgan fingerprint density at radius 1 is 0.920 bits per heavy atom.